The Labute approximate surface area is 131 Å². The molecule has 1 aliphatic heterocycles. The van der Waals surface area contributed by atoms with Gasteiger partial charge in [0.25, 0.3) is 0 Å². The van der Waals surface area contributed by atoms with Gasteiger partial charge in [-0.05, 0) is 51.4 Å². The van der Waals surface area contributed by atoms with Crippen molar-refractivity contribution in [1.82, 2.24) is 4.98 Å². The number of thiol groups is 1. The molecule has 1 saturated heterocycles. The van der Waals surface area contributed by atoms with Crippen LogP contribution >= 0.6 is 12.6 Å². The molecule has 0 aliphatic carbocycles. The fourth-order valence-corrected chi connectivity index (χ4v) is 2.21. The van der Waals surface area contributed by atoms with Crippen molar-refractivity contribution in [1.29, 1.82) is 5.26 Å². The van der Waals surface area contributed by atoms with Gasteiger partial charge in [0.15, 0.2) is 0 Å². The van der Waals surface area contributed by atoms with Gasteiger partial charge in [0.05, 0.1) is 28.5 Å². The molecule has 0 aromatic carbocycles. The van der Waals surface area contributed by atoms with E-state index in [4.69, 9.17) is 14.6 Å². The summed E-state index contributed by atoms with van der Waals surface area (Å²) in [6, 6.07) is 5.51. The molecule has 2 heterocycles. The predicted molar refractivity (Wildman–Crippen MR) is 86.9 cm³/mol. The second-order valence-corrected chi connectivity index (χ2v) is 6.36. The van der Waals surface area contributed by atoms with Crippen LogP contribution in [-0.2, 0) is 9.31 Å². The van der Waals surface area contributed by atoms with Crippen molar-refractivity contribution in [3.05, 3.63) is 35.1 Å². The molecule has 21 heavy (non-hydrogen) atoms. The van der Waals surface area contributed by atoms with Crippen LogP contribution in [0.1, 0.15) is 39.0 Å². The lowest BCUT2D eigenvalue weighted by Crippen LogP contribution is -2.41. The van der Waals surface area contributed by atoms with Gasteiger partial charge in [-0.2, -0.15) is 17.9 Å². The summed E-state index contributed by atoms with van der Waals surface area (Å²) in [6.45, 7) is 8.05. The lowest BCUT2D eigenvalue weighted by atomic mass is 9.78. The van der Waals surface area contributed by atoms with E-state index >= 15 is 0 Å². The van der Waals surface area contributed by atoms with Crippen molar-refractivity contribution in [2.45, 2.75) is 38.9 Å². The Bertz CT molecular complexity index is 592. The van der Waals surface area contributed by atoms with Crippen LogP contribution in [0.5, 0.6) is 0 Å². The third-order valence-corrected chi connectivity index (χ3v) is 4.35. The summed E-state index contributed by atoms with van der Waals surface area (Å²) in [6.07, 6.45) is 3.49. The van der Waals surface area contributed by atoms with E-state index in [-0.39, 0.29) is 11.2 Å². The minimum atomic E-state index is -0.444. The Morgan fingerprint density at radius 1 is 1.38 bits per heavy atom. The molecule has 1 aliphatic rings. The first-order valence-corrected chi connectivity index (χ1v) is 7.45. The van der Waals surface area contributed by atoms with E-state index < -0.39 is 7.12 Å². The summed E-state index contributed by atoms with van der Waals surface area (Å²) in [4.78, 5) is 4.25. The molecule has 4 nitrogen and oxygen atoms in total. The number of aromatic nitrogens is 1. The van der Waals surface area contributed by atoms with Crippen LogP contribution in [0, 0.1) is 11.3 Å². The fourth-order valence-electron chi connectivity index (χ4n) is 1.97. The van der Waals surface area contributed by atoms with Crippen LogP contribution in [0.3, 0.4) is 0 Å². The molecule has 0 spiro atoms. The maximum atomic E-state index is 8.94. The largest absolute Gasteiger partial charge is 0.491 e. The van der Waals surface area contributed by atoms with Crippen molar-refractivity contribution >= 4 is 25.8 Å². The summed E-state index contributed by atoms with van der Waals surface area (Å²) in [5, 5.41) is 8.94. The smallest absolute Gasteiger partial charge is 0.400 e. The number of rotatable bonds is 3. The molecule has 2 rings (SSSR count). The lowest BCUT2D eigenvalue weighted by Gasteiger charge is -2.32. The molecule has 0 atom stereocenters. The van der Waals surface area contributed by atoms with Gasteiger partial charge >= 0.3 is 7.12 Å². The van der Waals surface area contributed by atoms with E-state index in [1.165, 1.54) is 0 Å². The quantitative estimate of drug-likeness (QED) is 0.689. The first kappa shape index (κ1) is 16.1. The Hall–Kier alpha value is -1.29. The third kappa shape index (κ3) is 3.32. The molecule has 0 unspecified atom stereocenters. The van der Waals surface area contributed by atoms with E-state index in [0.717, 1.165) is 5.47 Å². The van der Waals surface area contributed by atoms with Crippen LogP contribution in [0.4, 0.5) is 0 Å². The zero-order valence-corrected chi connectivity index (χ0v) is 13.6. The van der Waals surface area contributed by atoms with Gasteiger partial charge in [0.2, 0.25) is 0 Å². The van der Waals surface area contributed by atoms with E-state index in [2.05, 4.69) is 23.7 Å². The molecule has 0 amide bonds. The van der Waals surface area contributed by atoms with Gasteiger partial charge in [-0.25, -0.2) is 0 Å². The molecule has 0 saturated carbocycles. The minimum absolute atomic E-state index is 0.387. The van der Waals surface area contributed by atoms with Crippen molar-refractivity contribution in [2.75, 3.05) is 5.75 Å². The van der Waals surface area contributed by atoms with Gasteiger partial charge in [-0.1, -0.05) is 0 Å². The summed E-state index contributed by atoms with van der Waals surface area (Å²) >= 11 is 4.36. The van der Waals surface area contributed by atoms with Gasteiger partial charge in [0, 0.05) is 11.9 Å². The first-order chi connectivity index (χ1) is 9.79. The summed E-state index contributed by atoms with van der Waals surface area (Å²) < 4.78 is 12.0. The topological polar surface area (TPSA) is 55.1 Å². The van der Waals surface area contributed by atoms with Crippen LogP contribution in [0.25, 0.3) is 6.08 Å². The zero-order chi connectivity index (χ0) is 15.7. The van der Waals surface area contributed by atoms with Crippen LogP contribution < -0.4 is 0 Å². The average Bonchev–Trinajstić information content (AvgIpc) is 2.65. The molecule has 1 aromatic rings. The number of nitrogens with zero attached hydrogens (tertiary/aromatic N) is 2. The first-order valence-electron chi connectivity index (χ1n) is 6.82. The summed E-state index contributed by atoms with van der Waals surface area (Å²) in [5.74, 6) is 0.495. The molecule has 0 N–H and O–H groups in total. The molecular formula is C15H19BN2O2S. The van der Waals surface area contributed by atoms with Gasteiger partial charge < -0.3 is 9.31 Å². The highest BCUT2D eigenvalue weighted by Gasteiger charge is 2.52. The number of hydrogen-bond acceptors (Lipinski definition) is 5. The Kier molecular flexibility index (Phi) is 4.47. The molecule has 110 valence electrons. The predicted octanol–water partition coefficient (Wildman–Crippen LogP) is 2.90. The normalized spacial score (nSPS) is 20.4. The van der Waals surface area contributed by atoms with E-state index in [0.29, 0.717) is 17.0 Å². The summed E-state index contributed by atoms with van der Waals surface area (Å²) in [5.41, 5.74) is 1.39. The lowest BCUT2D eigenvalue weighted by molar-refractivity contribution is 0.00578. The van der Waals surface area contributed by atoms with Gasteiger partial charge in [-0.15, -0.1) is 0 Å². The highest BCUT2D eigenvalue weighted by atomic mass is 32.1. The number of nitriles is 1. The van der Waals surface area contributed by atoms with Crippen LogP contribution in [-0.4, -0.2) is 29.1 Å². The fraction of sp³-hybridized carbons (Fsp3) is 0.467. The third-order valence-electron chi connectivity index (χ3n) is 3.98. The average molecular weight is 302 g/mol. The van der Waals surface area contributed by atoms with Crippen molar-refractivity contribution in [3.63, 3.8) is 0 Å². The van der Waals surface area contributed by atoms with Crippen molar-refractivity contribution in [3.8, 4) is 6.07 Å². The molecule has 1 fully saturated rings. The van der Waals surface area contributed by atoms with Crippen LogP contribution in [0.2, 0.25) is 0 Å². The Morgan fingerprint density at radius 3 is 2.52 bits per heavy atom. The monoisotopic (exact) mass is 302 g/mol. The maximum absolute atomic E-state index is 8.94. The molecule has 6 heteroatoms. The maximum Gasteiger partial charge on any atom is 0.491 e. The highest BCUT2D eigenvalue weighted by molar-refractivity contribution is 7.80. The Balaban J connectivity index is 2.29. The Morgan fingerprint density at radius 2 is 2.00 bits per heavy atom. The highest BCUT2D eigenvalue weighted by Crippen LogP contribution is 2.38. The van der Waals surface area contributed by atoms with E-state index in [1.54, 1.807) is 18.3 Å². The van der Waals surface area contributed by atoms with E-state index in [9.17, 15) is 0 Å². The zero-order valence-electron chi connectivity index (χ0n) is 12.8. The minimum Gasteiger partial charge on any atom is -0.400 e. The SMILES string of the molecule is CC1(C)OB(C(=Cc2cc(C#N)ccn2)CS)OC1(C)C. The molecule has 0 radical (unpaired) electrons. The van der Waals surface area contributed by atoms with Crippen LogP contribution in [0.15, 0.2) is 23.8 Å². The molecule has 0 bridgehead atoms. The number of hydrogen-bond donors (Lipinski definition) is 1. The van der Waals surface area contributed by atoms with Gasteiger partial charge in [0.1, 0.15) is 0 Å². The number of pyridine rings is 1. The summed E-state index contributed by atoms with van der Waals surface area (Å²) in [7, 11) is -0.444. The van der Waals surface area contributed by atoms with Crippen molar-refractivity contribution < 1.29 is 9.31 Å². The molecule has 1 aromatic heterocycles. The van der Waals surface area contributed by atoms with Crippen molar-refractivity contribution in [2.24, 2.45) is 0 Å². The standard InChI is InChI=1S/C15H19BN2O2S/c1-14(2)15(3,4)20-16(19-14)12(10-21)8-13-7-11(9-17)5-6-18-13/h5-8,21H,10H2,1-4H3. The molecular weight excluding hydrogens is 283 g/mol. The second kappa shape index (κ2) is 5.84. The van der Waals surface area contributed by atoms with E-state index in [1.807, 2.05) is 33.8 Å². The van der Waals surface area contributed by atoms with Gasteiger partial charge in [-0.3, -0.25) is 4.98 Å². The second-order valence-electron chi connectivity index (χ2n) is 6.05.